The van der Waals surface area contributed by atoms with Gasteiger partial charge in [0.1, 0.15) is 0 Å². The minimum atomic E-state index is -3.12. The summed E-state index contributed by atoms with van der Waals surface area (Å²) in [5, 5.41) is 3.63. The van der Waals surface area contributed by atoms with Crippen LogP contribution in [-0.4, -0.2) is 44.5 Å². The Kier molecular flexibility index (Phi) is 4.74. The molecule has 2 fully saturated rings. The standard InChI is InChI=1S/C15H30N2O3S/c1-14(2)9-13(15(3,4)20-14)16-10-11-7-6-8-12(11)17-21(5,18)19/h11-13,16-17H,6-10H2,1-5H3/t11-,12+,13-/m0/s1. The third kappa shape index (κ3) is 4.65. The Hall–Kier alpha value is -0.170. The van der Waals surface area contributed by atoms with E-state index in [0.29, 0.717) is 12.0 Å². The summed E-state index contributed by atoms with van der Waals surface area (Å²) in [7, 11) is -3.12. The lowest BCUT2D eigenvalue weighted by Crippen LogP contribution is -2.47. The molecule has 0 unspecified atom stereocenters. The van der Waals surface area contributed by atoms with Crippen LogP contribution in [0.1, 0.15) is 53.4 Å². The first-order chi connectivity index (χ1) is 9.49. The molecule has 1 aliphatic heterocycles. The van der Waals surface area contributed by atoms with Gasteiger partial charge < -0.3 is 10.1 Å². The van der Waals surface area contributed by atoms with Gasteiger partial charge in [-0.3, -0.25) is 0 Å². The van der Waals surface area contributed by atoms with Crippen molar-refractivity contribution in [2.75, 3.05) is 12.8 Å². The first-order valence-electron chi connectivity index (χ1n) is 7.89. The molecule has 2 rings (SSSR count). The van der Waals surface area contributed by atoms with Crippen LogP contribution in [0.15, 0.2) is 0 Å². The van der Waals surface area contributed by atoms with Crippen molar-refractivity contribution in [2.45, 2.75) is 76.7 Å². The predicted molar refractivity (Wildman–Crippen MR) is 84.8 cm³/mol. The Morgan fingerprint density at radius 3 is 2.38 bits per heavy atom. The summed E-state index contributed by atoms with van der Waals surface area (Å²) < 4.78 is 31.7. The third-order valence-electron chi connectivity index (χ3n) is 4.73. The molecule has 0 aromatic heterocycles. The quantitative estimate of drug-likeness (QED) is 0.809. The van der Waals surface area contributed by atoms with Crippen LogP contribution in [0.25, 0.3) is 0 Å². The lowest BCUT2D eigenvalue weighted by Gasteiger charge is -2.29. The highest BCUT2D eigenvalue weighted by atomic mass is 32.2. The molecular formula is C15H30N2O3S. The van der Waals surface area contributed by atoms with E-state index in [9.17, 15) is 8.42 Å². The summed E-state index contributed by atoms with van der Waals surface area (Å²) in [4.78, 5) is 0. The summed E-state index contributed by atoms with van der Waals surface area (Å²) in [5.74, 6) is 0.374. The average molecular weight is 318 g/mol. The number of hydrogen-bond donors (Lipinski definition) is 2. The fourth-order valence-corrected chi connectivity index (χ4v) is 4.75. The van der Waals surface area contributed by atoms with E-state index in [4.69, 9.17) is 4.74 Å². The van der Waals surface area contributed by atoms with E-state index in [0.717, 1.165) is 32.2 Å². The fourth-order valence-electron chi connectivity index (χ4n) is 3.89. The zero-order chi connectivity index (χ0) is 15.9. The van der Waals surface area contributed by atoms with Crippen LogP contribution in [0.5, 0.6) is 0 Å². The molecule has 1 saturated heterocycles. The topological polar surface area (TPSA) is 67.4 Å². The molecule has 124 valence electrons. The molecule has 0 spiro atoms. The maximum Gasteiger partial charge on any atom is 0.208 e. The van der Waals surface area contributed by atoms with Crippen molar-refractivity contribution in [1.29, 1.82) is 0 Å². The molecule has 2 N–H and O–H groups in total. The van der Waals surface area contributed by atoms with Crippen molar-refractivity contribution in [3.05, 3.63) is 0 Å². The van der Waals surface area contributed by atoms with E-state index < -0.39 is 10.0 Å². The second kappa shape index (κ2) is 5.80. The molecule has 5 nitrogen and oxygen atoms in total. The maximum absolute atomic E-state index is 11.4. The lowest BCUT2D eigenvalue weighted by atomic mass is 9.93. The van der Waals surface area contributed by atoms with Gasteiger partial charge in [-0.15, -0.1) is 0 Å². The van der Waals surface area contributed by atoms with Gasteiger partial charge in [0.2, 0.25) is 10.0 Å². The summed E-state index contributed by atoms with van der Waals surface area (Å²) in [6.45, 7) is 9.35. The number of hydrogen-bond acceptors (Lipinski definition) is 4. The Bertz CT molecular complexity index is 473. The van der Waals surface area contributed by atoms with Crippen molar-refractivity contribution in [3.8, 4) is 0 Å². The second-order valence-corrected chi connectivity index (χ2v) is 9.60. The molecule has 2 aliphatic rings. The molecule has 0 radical (unpaired) electrons. The van der Waals surface area contributed by atoms with Crippen LogP contribution in [0.2, 0.25) is 0 Å². The molecule has 6 heteroatoms. The molecule has 1 heterocycles. The monoisotopic (exact) mass is 318 g/mol. The van der Waals surface area contributed by atoms with Crippen LogP contribution in [-0.2, 0) is 14.8 Å². The molecule has 0 amide bonds. The van der Waals surface area contributed by atoms with Gasteiger partial charge in [0, 0.05) is 12.1 Å². The van der Waals surface area contributed by atoms with Crippen molar-refractivity contribution >= 4 is 10.0 Å². The normalized spacial score (nSPS) is 35.2. The Balaban J connectivity index is 1.90. The smallest absolute Gasteiger partial charge is 0.208 e. The first kappa shape index (κ1) is 17.2. The summed E-state index contributed by atoms with van der Waals surface area (Å²) in [5.41, 5.74) is -0.275. The van der Waals surface area contributed by atoms with Gasteiger partial charge in [-0.2, -0.15) is 0 Å². The van der Waals surface area contributed by atoms with Gasteiger partial charge >= 0.3 is 0 Å². The van der Waals surface area contributed by atoms with Crippen molar-refractivity contribution in [3.63, 3.8) is 0 Å². The van der Waals surface area contributed by atoms with Gasteiger partial charge in [0.05, 0.1) is 17.5 Å². The Morgan fingerprint density at radius 1 is 1.19 bits per heavy atom. The van der Waals surface area contributed by atoms with Gasteiger partial charge in [0.25, 0.3) is 0 Å². The molecule has 0 aromatic rings. The first-order valence-corrected chi connectivity index (χ1v) is 9.78. The molecule has 0 bridgehead atoms. The van der Waals surface area contributed by atoms with E-state index >= 15 is 0 Å². The summed E-state index contributed by atoms with van der Waals surface area (Å²) in [6, 6.07) is 0.387. The van der Waals surface area contributed by atoms with Crippen molar-refractivity contribution in [1.82, 2.24) is 10.0 Å². The highest BCUT2D eigenvalue weighted by molar-refractivity contribution is 7.88. The number of ether oxygens (including phenoxy) is 1. The molecular weight excluding hydrogens is 288 g/mol. The van der Waals surface area contributed by atoms with Crippen LogP contribution < -0.4 is 10.0 Å². The van der Waals surface area contributed by atoms with Crippen molar-refractivity contribution < 1.29 is 13.2 Å². The number of rotatable bonds is 5. The average Bonchev–Trinajstić information content (AvgIpc) is 2.75. The number of nitrogens with one attached hydrogen (secondary N) is 2. The maximum atomic E-state index is 11.4. The predicted octanol–water partition coefficient (Wildman–Crippen LogP) is 1.64. The van der Waals surface area contributed by atoms with Crippen molar-refractivity contribution in [2.24, 2.45) is 5.92 Å². The van der Waals surface area contributed by atoms with E-state index in [1.165, 1.54) is 6.26 Å². The summed E-state index contributed by atoms with van der Waals surface area (Å²) >= 11 is 0. The van der Waals surface area contributed by atoms with E-state index in [1.807, 2.05) is 0 Å². The third-order valence-corrected chi connectivity index (χ3v) is 5.46. The molecule has 1 saturated carbocycles. The van der Waals surface area contributed by atoms with E-state index in [-0.39, 0.29) is 17.2 Å². The van der Waals surface area contributed by atoms with Gasteiger partial charge in [-0.1, -0.05) is 6.42 Å². The largest absolute Gasteiger partial charge is 0.368 e. The van der Waals surface area contributed by atoms with Gasteiger partial charge in [-0.05, 0) is 59.4 Å². The minimum absolute atomic E-state index is 0.0749. The molecule has 3 atom stereocenters. The van der Waals surface area contributed by atoms with Gasteiger partial charge in [0.15, 0.2) is 0 Å². The number of sulfonamides is 1. The molecule has 21 heavy (non-hydrogen) atoms. The molecule has 1 aliphatic carbocycles. The zero-order valence-electron chi connectivity index (χ0n) is 13.9. The van der Waals surface area contributed by atoms with Crippen LogP contribution in [0, 0.1) is 5.92 Å². The molecule has 0 aromatic carbocycles. The van der Waals surface area contributed by atoms with Crippen LogP contribution >= 0.6 is 0 Å². The SMILES string of the molecule is CC1(C)C[C@H](NC[C@@H]2CCC[C@H]2NS(C)(=O)=O)C(C)(C)O1. The fraction of sp³-hybridized carbons (Fsp3) is 1.00. The van der Waals surface area contributed by atoms with Gasteiger partial charge in [-0.25, -0.2) is 13.1 Å². The second-order valence-electron chi connectivity index (χ2n) is 7.82. The van der Waals surface area contributed by atoms with Crippen LogP contribution in [0.4, 0.5) is 0 Å². The highest BCUT2D eigenvalue weighted by Gasteiger charge is 2.46. The lowest BCUT2D eigenvalue weighted by molar-refractivity contribution is -0.0699. The van der Waals surface area contributed by atoms with Crippen LogP contribution in [0.3, 0.4) is 0 Å². The summed E-state index contributed by atoms with van der Waals surface area (Å²) in [6.07, 6.45) is 5.34. The minimum Gasteiger partial charge on any atom is -0.368 e. The van der Waals surface area contributed by atoms with E-state index in [1.54, 1.807) is 0 Å². The Morgan fingerprint density at radius 2 is 1.86 bits per heavy atom. The zero-order valence-corrected chi connectivity index (χ0v) is 14.7. The highest BCUT2D eigenvalue weighted by Crippen LogP contribution is 2.37. The van der Waals surface area contributed by atoms with E-state index in [2.05, 4.69) is 37.7 Å². The Labute approximate surface area is 129 Å².